The Kier molecular flexibility index (Phi) is 3.60. The molecule has 0 aliphatic carbocycles. The van der Waals surface area contributed by atoms with Crippen LogP contribution in [0.3, 0.4) is 0 Å². The van der Waals surface area contributed by atoms with Crippen LogP contribution in [-0.2, 0) is 9.30 Å². The van der Waals surface area contributed by atoms with Crippen molar-refractivity contribution in [2.45, 2.75) is 38.1 Å². The molecule has 8 heteroatoms. The molecule has 7 nitrogen and oxygen atoms in total. The molecule has 0 saturated carbocycles. The minimum Gasteiger partial charge on any atom is -0.444 e. The van der Waals surface area contributed by atoms with E-state index in [-0.39, 0.29) is 13.0 Å². The predicted octanol–water partition coefficient (Wildman–Crippen LogP) is 0.493. The van der Waals surface area contributed by atoms with Gasteiger partial charge in [-0.05, 0) is 20.8 Å². The monoisotopic (exact) mass is 267 g/mol. The number of ether oxygens (including phenoxy) is 1. The number of aliphatic hydroxyl groups is 1. The highest BCUT2D eigenvalue weighted by atomic mass is 31.2. The highest BCUT2D eigenvalue weighted by molar-refractivity contribution is 7.53. The quantitative estimate of drug-likeness (QED) is 0.597. The van der Waals surface area contributed by atoms with Crippen LogP contribution < -0.4 is 0 Å². The van der Waals surface area contributed by atoms with Crippen molar-refractivity contribution in [3.63, 3.8) is 0 Å². The van der Waals surface area contributed by atoms with E-state index in [0.29, 0.717) is 0 Å². The van der Waals surface area contributed by atoms with Crippen molar-refractivity contribution in [3.8, 4) is 0 Å². The molecule has 0 unspecified atom stereocenters. The van der Waals surface area contributed by atoms with Gasteiger partial charge >= 0.3 is 13.7 Å². The summed E-state index contributed by atoms with van der Waals surface area (Å²) in [6, 6.07) is 0. The van der Waals surface area contributed by atoms with Crippen molar-refractivity contribution in [1.29, 1.82) is 0 Å². The van der Waals surface area contributed by atoms with Crippen LogP contribution in [0.4, 0.5) is 4.79 Å². The predicted molar refractivity (Wildman–Crippen MR) is 59.4 cm³/mol. The normalized spacial score (nSPS) is 26.1. The van der Waals surface area contributed by atoms with E-state index in [9.17, 15) is 14.5 Å². The van der Waals surface area contributed by atoms with Gasteiger partial charge in [-0.25, -0.2) is 4.79 Å². The number of hydrogen-bond acceptors (Lipinski definition) is 4. The molecule has 0 radical (unpaired) electrons. The molecule has 1 saturated heterocycles. The zero-order valence-corrected chi connectivity index (χ0v) is 11.0. The number of β-amino-alcohol motifs (C(OH)–C–C–N with tert-alkyl or cyclic N) is 1. The molecule has 1 rings (SSSR count). The summed E-state index contributed by atoms with van der Waals surface area (Å²) in [6.07, 6.45) is -0.835. The Labute approximate surface area is 99.5 Å². The lowest BCUT2D eigenvalue weighted by atomic mass is 10.2. The highest BCUT2D eigenvalue weighted by Gasteiger charge is 2.51. The van der Waals surface area contributed by atoms with Crippen molar-refractivity contribution in [2.75, 3.05) is 13.1 Å². The second-order valence-electron chi connectivity index (χ2n) is 5.18. The van der Waals surface area contributed by atoms with Gasteiger partial charge in [-0.3, -0.25) is 4.57 Å². The van der Waals surface area contributed by atoms with E-state index < -0.39 is 31.2 Å². The Morgan fingerprint density at radius 3 is 2.29 bits per heavy atom. The fraction of sp³-hybridized carbons (Fsp3) is 0.889. The molecule has 100 valence electrons. The second kappa shape index (κ2) is 4.24. The average Bonchev–Trinajstić information content (AvgIpc) is 2.44. The molecule has 0 spiro atoms. The van der Waals surface area contributed by atoms with Crippen LogP contribution in [0.25, 0.3) is 0 Å². The standard InChI is InChI=1S/C9H18NO6P/c1-8(2,3)16-7(11)10-5-4-9(12,6-10)17(13,14)15/h12H,4-6H2,1-3H3,(H2,13,14,15)/t9-/m1/s1. The first-order chi connectivity index (χ1) is 7.45. The molecular weight excluding hydrogens is 249 g/mol. The summed E-state index contributed by atoms with van der Waals surface area (Å²) >= 11 is 0. The third-order valence-electron chi connectivity index (χ3n) is 2.42. The molecule has 1 fully saturated rings. The Hall–Kier alpha value is -0.620. The third kappa shape index (κ3) is 3.42. The summed E-state index contributed by atoms with van der Waals surface area (Å²) in [5.74, 6) is 0. The fourth-order valence-corrected chi connectivity index (χ4v) is 2.24. The lowest BCUT2D eigenvalue weighted by molar-refractivity contribution is 0.0239. The first-order valence-electron chi connectivity index (χ1n) is 5.21. The van der Waals surface area contributed by atoms with Crippen LogP contribution in [0.15, 0.2) is 0 Å². The van der Waals surface area contributed by atoms with Gasteiger partial charge in [0.15, 0.2) is 5.34 Å². The van der Waals surface area contributed by atoms with Crippen molar-refractivity contribution in [3.05, 3.63) is 0 Å². The highest BCUT2D eigenvalue weighted by Crippen LogP contribution is 2.53. The van der Waals surface area contributed by atoms with Gasteiger partial charge in [0.05, 0.1) is 6.54 Å². The van der Waals surface area contributed by atoms with Crippen LogP contribution >= 0.6 is 7.60 Å². The van der Waals surface area contributed by atoms with Gasteiger partial charge < -0.3 is 24.5 Å². The van der Waals surface area contributed by atoms with E-state index in [2.05, 4.69) is 0 Å². The lowest BCUT2D eigenvalue weighted by Gasteiger charge is -2.26. The molecule has 0 bridgehead atoms. The maximum absolute atomic E-state index is 11.6. The Morgan fingerprint density at radius 2 is 1.94 bits per heavy atom. The molecule has 17 heavy (non-hydrogen) atoms. The van der Waals surface area contributed by atoms with Gasteiger partial charge in [-0.15, -0.1) is 0 Å². The molecule has 0 aromatic heterocycles. The number of amides is 1. The number of hydrogen-bond donors (Lipinski definition) is 3. The minimum atomic E-state index is -4.65. The van der Waals surface area contributed by atoms with Gasteiger partial charge in [-0.1, -0.05) is 0 Å². The van der Waals surface area contributed by atoms with Gasteiger partial charge in [0, 0.05) is 13.0 Å². The van der Waals surface area contributed by atoms with Gasteiger partial charge in [0.2, 0.25) is 0 Å². The van der Waals surface area contributed by atoms with Gasteiger partial charge in [-0.2, -0.15) is 0 Å². The maximum atomic E-state index is 11.6. The minimum absolute atomic E-state index is 0.0660. The zero-order valence-electron chi connectivity index (χ0n) is 10.1. The molecule has 1 heterocycles. The van der Waals surface area contributed by atoms with E-state index in [4.69, 9.17) is 14.5 Å². The van der Waals surface area contributed by atoms with Crippen LogP contribution in [0.5, 0.6) is 0 Å². The smallest absolute Gasteiger partial charge is 0.410 e. The maximum Gasteiger partial charge on any atom is 0.410 e. The lowest BCUT2D eigenvalue weighted by Crippen LogP contribution is -2.39. The Balaban J connectivity index is 2.69. The largest absolute Gasteiger partial charge is 0.444 e. The molecule has 3 N–H and O–H groups in total. The Morgan fingerprint density at radius 1 is 1.41 bits per heavy atom. The van der Waals surface area contributed by atoms with Crippen molar-refractivity contribution in [2.24, 2.45) is 0 Å². The number of rotatable bonds is 1. The van der Waals surface area contributed by atoms with Crippen LogP contribution in [0.2, 0.25) is 0 Å². The molecule has 0 aromatic rings. The van der Waals surface area contributed by atoms with Gasteiger partial charge in [0.25, 0.3) is 0 Å². The summed E-state index contributed by atoms with van der Waals surface area (Å²) in [5.41, 5.74) is -0.681. The van der Waals surface area contributed by atoms with Crippen molar-refractivity contribution >= 4 is 13.7 Å². The molecule has 1 aliphatic heterocycles. The molecule has 1 aliphatic rings. The summed E-state index contributed by atoms with van der Waals surface area (Å²) < 4.78 is 16.1. The molecule has 1 atom stereocenters. The summed E-state index contributed by atoms with van der Waals surface area (Å²) in [5, 5.41) is 7.58. The van der Waals surface area contributed by atoms with E-state index in [0.717, 1.165) is 4.90 Å². The first-order valence-corrected chi connectivity index (χ1v) is 6.82. The van der Waals surface area contributed by atoms with Gasteiger partial charge in [0.1, 0.15) is 5.60 Å². The van der Waals surface area contributed by atoms with Crippen molar-refractivity contribution in [1.82, 2.24) is 4.90 Å². The molecule has 0 aromatic carbocycles. The van der Waals surface area contributed by atoms with Crippen LogP contribution in [0.1, 0.15) is 27.2 Å². The fourth-order valence-electron chi connectivity index (χ4n) is 1.50. The van der Waals surface area contributed by atoms with E-state index in [1.54, 1.807) is 20.8 Å². The first kappa shape index (κ1) is 14.4. The summed E-state index contributed by atoms with van der Waals surface area (Å²) in [7, 11) is -4.65. The third-order valence-corrected chi connectivity index (χ3v) is 3.87. The number of nitrogens with zero attached hydrogens (tertiary/aromatic N) is 1. The van der Waals surface area contributed by atoms with E-state index in [1.165, 1.54) is 0 Å². The molecular formula is C9H18NO6P. The number of carbonyl (C=O) groups excluding carboxylic acids is 1. The topological polar surface area (TPSA) is 107 Å². The van der Waals surface area contributed by atoms with E-state index >= 15 is 0 Å². The van der Waals surface area contributed by atoms with Crippen molar-refractivity contribution < 1.29 is 29.0 Å². The number of carbonyl (C=O) groups is 1. The second-order valence-corrected chi connectivity index (χ2v) is 7.10. The summed E-state index contributed by atoms with van der Waals surface area (Å²) in [4.78, 5) is 30.7. The SMILES string of the molecule is CC(C)(C)OC(=O)N1CC[C@@](O)(P(=O)(O)O)C1. The summed E-state index contributed by atoms with van der Waals surface area (Å²) in [6.45, 7) is 4.73. The average molecular weight is 267 g/mol. The number of likely N-dealkylation sites (tertiary alicyclic amines) is 1. The van der Waals surface area contributed by atoms with Crippen LogP contribution in [-0.4, -0.2) is 49.9 Å². The Bertz CT molecular complexity index is 359. The zero-order chi connectivity index (χ0) is 13.5. The van der Waals surface area contributed by atoms with E-state index in [1.807, 2.05) is 0 Å². The molecule has 1 amide bonds. The van der Waals surface area contributed by atoms with Crippen LogP contribution in [0, 0.1) is 0 Å².